The van der Waals surface area contributed by atoms with E-state index >= 15 is 0 Å². The Morgan fingerprint density at radius 3 is 2.88 bits per heavy atom. The summed E-state index contributed by atoms with van der Waals surface area (Å²) >= 11 is 0. The molecular weight excluding hydrogens is 312 g/mol. The van der Waals surface area contributed by atoms with Gasteiger partial charge < -0.3 is 19.3 Å². The van der Waals surface area contributed by atoms with Gasteiger partial charge in [-0.3, -0.25) is 4.79 Å². The lowest BCUT2D eigenvalue weighted by Gasteiger charge is -2.24. The second-order valence-corrected chi connectivity index (χ2v) is 5.00. The predicted octanol–water partition coefficient (Wildman–Crippen LogP) is 1.69. The van der Waals surface area contributed by atoms with Crippen molar-refractivity contribution in [2.45, 2.75) is 6.10 Å². The van der Waals surface area contributed by atoms with E-state index in [1.54, 1.807) is 36.4 Å². The molecule has 0 bridgehead atoms. The molecule has 1 aliphatic rings. The maximum atomic E-state index is 12.1. The third-order valence-electron chi connectivity index (χ3n) is 3.43. The maximum absolute atomic E-state index is 12.1. The molecular formula is C17H16N2O5. The van der Waals surface area contributed by atoms with E-state index in [2.05, 4.69) is 10.5 Å². The van der Waals surface area contributed by atoms with Gasteiger partial charge in [0.1, 0.15) is 6.61 Å². The summed E-state index contributed by atoms with van der Waals surface area (Å²) in [6.07, 6.45) is 0.531. The van der Waals surface area contributed by atoms with Gasteiger partial charge in [0.05, 0.1) is 13.3 Å². The van der Waals surface area contributed by atoms with Crippen molar-refractivity contribution in [1.29, 1.82) is 0 Å². The summed E-state index contributed by atoms with van der Waals surface area (Å²) in [4.78, 5) is 12.1. The van der Waals surface area contributed by atoms with Crippen LogP contribution in [0.2, 0.25) is 0 Å². The van der Waals surface area contributed by atoms with Crippen LogP contribution in [0.1, 0.15) is 5.56 Å². The number of nitrogens with zero attached hydrogens (tertiary/aromatic N) is 1. The van der Waals surface area contributed by atoms with Crippen molar-refractivity contribution in [2.24, 2.45) is 5.10 Å². The third kappa shape index (κ3) is 3.24. The number of phenols is 1. The molecule has 0 aromatic heterocycles. The second-order valence-electron chi connectivity index (χ2n) is 5.00. The zero-order valence-corrected chi connectivity index (χ0v) is 12.9. The summed E-state index contributed by atoms with van der Waals surface area (Å²) in [7, 11) is 1.45. The van der Waals surface area contributed by atoms with Crippen LogP contribution in [0.15, 0.2) is 47.6 Å². The van der Waals surface area contributed by atoms with Gasteiger partial charge in [0.25, 0.3) is 5.91 Å². The van der Waals surface area contributed by atoms with Gasteiger partial charge in [0, 0.05) is 5.56 Å². The summed E-state index contributed by atoms with van der Waals surface area (Å²) in [5.41, 5.74) is 2.79. The number of ether oxygens (including phenoxy) is 3. The number of amides is 1. The van der Waals surface area contributed by atoms with Crippen LogP contribution >= 0.6 is 0 Å². The molecule has 1 heterocycles. The van der Waals surface area contributed by atoms with Gasteiger partial charge in [-0.1, -0.05) is 18.2 Å². The van der Waals surface area contributed by atoms with Gasteiger partial charge in [0.15, 0.2) is 23.0 Å². The molecule has 124 valence electrons. The number of carbonyl (C=O) groups excluding carboxylic acids is 1. The largest absolute Gasteiger partial charge is 0.504 e. The van der Waals surface area contributed by atoms with Crippen LogP contribution in [0.4, 0.5) is 0 Å². The molecule has 0 saturated heterocycles. The second kappa shape index (κ2) is 6.91. The number of methoxy groups -OCH3 is 1. The normalized spacial score (nSPS) is 16.0. The van der Waals surface area contributed by atoms with Gasteiger partial charge in [-0.15, -0.1) is 0 Å². The minimum Gasteiger partial charge on any atom is -0.504 e. The lowest BCUT2D eigenvalue weighted by Crippen LogP contribution is -2.42. The topological polar surface area (TPSA) is 89.4 Å². The number of para-hydroxylation sites is 3. The van der Waals surface area contributed by atoms with Crippen LogP contribution in [-0.4, -0.2) is 37.0 Å². The van der Waals surface area contributed by atoms with E-state index in [-0.39, 0.29) is 12.4 Å². The number of fused-ring (bicyclic) bond motifs is 1. The summed E-state index contributed by atoms with van der Waals surface area (Å²) in [6.45, 7) is 0.1000. The highest BCUT2D eigenvalue weighted by atomic mass is 16.6. The highest BCUT2D eigenvalue weighted by Crippen LogP contribution is 2.31. The number of phenolic OH excluding ortho intramolecular Hbond substituents is 1. The molecule has 0 saturated carbocycles. The maximum Gasteiger partial charge on any atom is 0.284 e. The Kier molecular flexibility index (Phi) is 4.51. The number of hydrogen-bond donors (Lipinski definition) is 2. The van der Waals surface area contributed by atoms with E-state index in [1.807, 2.05) is 6.07 Å². The van der Waals surface area contributed by atoms with Crippen molar-refractivity contribution >= 4 is 12.1 Å². The number of carbonyl (C=O) groups is 1. The molecule has 0 unspecified atom stereocenters. The van der Waals surface area contributed by atoms with E-state index < -0.39 is 12.0 Å². The first-order valence-corrected chi connectivity index (χ1v) is 7.26. The monoisotopic (exact) mass is 328 g/mol. The summed E-state index contributed by atoms with van der Waals surface area (Å²) in [5, 5.41) is 13.8. The lowest BCUT2D eigenvalue weighted by atomic mass is 10.2. The number of hydrogen-bond acceptors (Lipinski definition) is 6. The Morgan fingerprint density at radius 2 is 2.08 bits per heavy atom. The minimum atomic E-state index is -0.795. The molecule has 3 rings (SSSR count). The first-order chi connectivity index (χ1) is 11.7. The Morgan fingerprint density at radius 1 is 1.29 bits per heavy atom. The van der Waals surface area contributed by atoms with E-state index in [4.69, 9.17) is 14.2 Å². The fourth-order valence-electron chi connectivity index (χ4n) is 2.19. The van der Waals surface area contributed by atoms with Crippen molar-refractivity contribution in [2.75, 3.05) is 13.7 Å². The van der Waals surface area contributed by atoms with Crippen molar-refractivity contribution in [3.05, 3.63) is 48.0 Å². The van der Waals surface area contributed by atoms with Gasteiger partial charge in [-0.2, -0.15) is 5.10 Å². The number of nitrogens with one attached hydrogen (secondary N) is 1. The molecule has 1 aliphatic heterocycles. The molecule has 1 atom stereocenters. The van der Waals surface area contributed by atoms with Crippen molar-refractivity contribution in [3.63, 3.8) is 0 Å². The number of hydrazone groups is 1. The van der Waals surface area contributed by atoms with Crippen LogP contribution in [0.5, 0.6) is 23.0 Å². The Balaban J connectivity index is 1.62. The first-order valence-electron chi connectivity index (χ1n) is 7.26. The van der Waals surface area contributed by atoms with Crippen molar-refractivity contribution in [3.8, 4) is 23.0 Å². The molecule has 0 spiro atoms. The van der Waals surface area contributed by atoms with E-state index in [1.165, 1.54) is 13.3 Å². The van der Waals surface area contributed by atoms with Crippen LogP contribution in [0.3, 0.4) is 0 Å². The third-order valence-corrected chi connectivity index (χ3v) is 3.43. The molecule has 2 N–H and O–H groups in total. The highest BCUT2D eigenvalue weighted by molar-refractivity contribution is 5.87. The Labute approximate surface area is 138 Å². The average molecular weight is 328 g/mol. The number of benzene rings is 2. The van der Waals surface area contributed by atoms with Crippen molar-refractivity contribution < 1.29 is 24.1 Å². The molecule has 2 aromatic carbocycles. The quantitative estimate of drug-likeness (QED) is 0.658. The van der Waals surface area contributed by atoms with Gasteiger partial charge in [-0.25, -0.2) is 5.43 Å². The molecule has 24 heavy (non-hydrogen) atoms. The Bertz CT molecular complexity index is 775. The average Bonchev–Trinajstić information content (AvgIpc) is 2.62. The molecule has 7 nitrogen and oxygen atoms in total. The fourth-order valence-corrected chi connectivity index (χ4v) is 2.19. The fraction of sp³-hybridized carbons (Fsp3) is 0.176. The predicted molar refractivity (Wildman–Crippen MR) is 86.7 cm³/mol. The van der Waals surface area contributed by atoms with E-state index in [0.29, 0.717) is 22.8 Å². The minimum absolute atomic E-state index is 0.0517. The van der Waals surface area contributed by atoms with Crippen LogP contribution in [0.25, 0.3) is 0 Å². The molecule has 1 amide bonds. The molecule has 0 aliphatic carbocycles. The number of rotatable bonds is 4. The molecule has 7 heteroatoms. The van der Waals surface area contributed by atoms with Crippen LogP contribution in [-0.2, 0) is 4.79 Å². The summed E-state index contributed by atoms with van der Waals surface area (Å²) < 4.78 is 16.1. The van der Waals surface area contributed by atoms with Gasteiger partial charge in [0.2, 0.25) is 6.10 Å². The van der Waals surface area contributed by atoms with E-state index in [0.717, 1.165) is 0 Å². The number of aromatic hydroxyl groups is 1. The van der Waals surface area contributed by atoms with E-state index in [9.17, 15) is 9.90 Å². The molecule has 0 fully saturated rings. The van der Waals surface area contributed by atoms with Crippen LogP contribution in [0, 0.1) is 0 Å². The summed E-state index contributed by atoms with van der Waals surface area (Å²) in [5.74, 6) is 0.947. The summed E-state index contributed by atoms with van der Waals surface area (Å²) in [6, 6.07) is 12.1. The zero-order valence-electron chi connectivity index (χ0n) is 12.9. The Hall–Kier alpha value is -3.22. The van der Waals surface area contributed by atoms with Crippen molar-refractivity contribution in [1.82, 2.24) is 5.43 Å². The van der Waals surface area contributed by atoms with Gasteiger partial charge in [-0.05, 0) is 24.3 Å². The SMILES string of the molecule is COc1cccc(C=NNC(=O)[C@H]2COc3ccccc3O2)c1O. The van der Waals surface area contributed by atoms with Crippen LogP contribution < -0.4 is 19.6 Å². The lowest BCUT2D eigenvalue weighted by molar-refractivity contribution is -0.130. The molecule has 0 radical (unpaired) electrons. The zero-order chi connectivity index (χ0) is 16.9. The first kappa shape index (κ1) is 15.7. The van der Waals surface area contributed by atoms with Gasteiger partial charge >= 0.3 is 0 Å². The smallest absolute Gasteiger partial charge is 0.284 e. The standard InChI is InChI=1S/C17H16N2O5/c1-22-14-8-4-5-11(16(14)20)9-18-19-17(21)15-10-23-12-6-2-3-7-13(12)24-15/h2-9,15,20H,10H2,1H3,(H,19,21)/t15-/m1/s1. The molecule has 2 aromatic rings. The highest BCUT2D eigenvalue weighted by Gasteiger charge is 2.26.